The van der Waals surface area contributed by atoms with Crippen molar-refractivity contribution in [3.63, 3.8) is 0 Å². The molecular formula is C16H17ClN2O2. The summed E-state index contributed by atoms with van der Waals surface area (Å²) >= 11 is 5.95. The van der Waals surface area contributed by atoms with Crippen LogP contribution >= 0.6 is 11.6 Å². The zero-order valence-corrected chi connectivity index (χ0v) is 13.0. The highest BCUT2D eigenvalue weighted by Gasteiger charge is 2.45. The molecule has 0 unspecified atom stereocenters. The van der Waals surface area contributed by atoms with Gasteiger partial charge < -0.3 is 9.72 Å². The number of H-pyrrole nitrogens is 1. The van der Waals surface area contributed by atoms with Crippen molar-refractivity contribution in [3.8, 4) is 5.88 Å². The maximum atomic E-state index is 12.4. The number of fused-ring (bicyclic) bond motifs is 1. The van der Waals surface area contributed by atoms with Crippen LogP contribution in [0.5, 0.6) is 5.88 Å². The highest BCUT2D eigenvalue weighted by Crippen LogP contribution is 2.45. The molecule has 1 atom stereocenters. The lowest BCUT2D eigenvalue weighted by molar-refractivity contribution is 0.117. The van der Waals surface area contributed by atoms with Crippen LogP contribution in [0.2, 0.25) is 5.02 Å². The van der Waals surface area contributed by atoms with Crippen LogP contribution in [0.4, 0.5) is 0 Å². The third-order valence-electron chi connectivity index (χ3n) is 3.85. The second-order valence-electron chi connectivity index (χ2n) is 5.78. The second kappa shape index (κ2) is 4.88. The fraction of sp³-hybridized carbons (Fsp3) is 0.375. The molecule has 1 N–H and O–H groups in total. The van der Waals surface area contributed by atoms with Gasteiger partial charge in [-0.25, -0.2) is 0 Å². The lowest BCUT2D eigenvalue weighted by atomic mass is 9.82. The quantitative estimate of drug-likeness (QED) is 0.926. The van der Waals surface area contributed by atoms with Crippen molar-refractivity contribution in [3.05, 3.63) is 56.6 Å². The van der Waals surface area contributed by atoms with E-state index in [2.05, 4.69) is 9.97 Å². The van der Waals surface area contributed by atoms with Gasteiger partial charge in [0.25, 0.3) is 5.56 Å². The first-order valence-corrected chi connectivity index (χ1v) is 7.37. The molecule has 1 aliphatic heterocycles. The summed E-state index contributed by atoms with van der Waals surface area (Å²) in [5, 5.41) is 0.670. The third-order valence-corrected chi connectivity index (χ3v) is 4.10. The first-order valence-electron chi connectivity index (χ1n) is 7.00. The van der Waals surface area contributed by atoms with Gasteiger partial charge in [-0.3, -0.25) is 4.79 Å². The Kier molecular flexibility index (Phi) is 3.29. The number of benzene rings is 1. The molecule has 5 heteroatoms. The Morgan fingerprint density at radius 3 is 2.62 bits per heavy atom. The van der Waals surface area contributed by atoms with E-state index in [9.17, 15) is 4.79 Å². The molecule has 0 saturated heterocycles. The molecule has 21 heavy (non-hydrogen) atoms. The van der Waals surface area contributed by atoms with Crippen molar-refractivity contribution in [1.29, 1.82) is 0 Å². The Morgan fingerprint density at radius 2 is 2.00 bits per heavy atom. The zero-order chi connectivity index (χ0) is 15.2. The number of rotatable bonds is 2. The molecule has 4 nitrogen and oxygen atoms in total. The van der Waals surface area contributed by atoms with Crippen molar-refractivity contribution in [2.45, 2.75) is 38.7 Å². The summed E-state index contributed by atoms with van der Waals surface area (Å²) in [6, 6.07) is 7.51. The number of nitrogens with zero attached hydrogens (tertiary/aromatic N) is 1. The van der Waals surface area contributed by atoms with Gasteiger partial charge in [0, 0.05) is 11.4 Å². The van der Waals surface area contributed by atoms with Crippen LogP contribution in [0.1, 0.15) is 43.6 Å². The molecule has 2 heterocycles. The predicted molar refractivity (Wildman–Crippen MR) is 82.2 cm³/mol. The van der Waals surface area contributed by atoms with Gasteiger partial charge in [0.2, 0.25) is 5.88 Å². The van der Waals surface area contributed by atoms with E-state index < -0.39 is 5.60 Å². The molecule has 0 aliphatic carbocycles. The molecule has 1 aromatic heterocycles. The normalized spacial score (nSPS) is 19.1. The van der Waals surface area contributed by atoms with E-state index in [0.717, 1.165) is 5.56 Å². The fourth-order valence-electron chi connectivity index (χ4n) is 2.89. The minimum atomic E-state index is -0.525. The Balaban J connectivity index is 2.18. The summed E-state index contributed by atoms with van der Waals surface area (Å²) in [7, 11) is 0. The average Bonchev–Trinajstić information content (AvgIpc) is 2.70. The molecule has 1 aromatic carbocycles. The van der Waals surface area contributed by atoms with E-state index >= 15 is 0 Å². The minimum absolute atomic E-state index is 0.123. The predicted octanol–water partition coefficient (Wildman–Crippen LogP) is 3.29. The topological polar surface area (TPSA) is 55.0 Å². The molecule has 0 bridgehead atoms. The maximum Gasteiger partial charge on any atom is 0.258 e. The van der Waals surface area contributed by atoms with E-state index in [-0.39, 0.29) is 11.5 Å². The van der Waals surface area contributed by atoms with Gasteiger partial charge in [-0.05, 0) is 31.5 Å². The van der Waals surface area contributed by atoms with E-state index in [1.807, 2.05) is 45.0 Å². The van der Waals surface area contributed by atoms with Crippen LogP contribution in [0, 0.1) is 0 Å². The van der Waals surface area contributed by atoms with E-state index in [0.29, 0.717) is 28.7 Å². The monoisotopic (exact) mass is 304 g/mol. The summed E-state index contributed by atoms with van der Waals surface area (Å²) < 4.78 is 5.95. The molecular weight excluding hydrogens is 288 g/mol. The lowest BCUT2D eigenvalue weighted by Gasteiger charge is -2.26. The third kappa shape index (κ3) is 2.33. The number of nitrogens with one attached hydrogen (secondary N) is 1. The largest absolute Gasteiger partial charge is 0.470 e. The first kappa shape index (κ1) is 14.1. The maximum absolute atomic E-state index is 12.4. The summed E-state index contributed by atoms with van der Waals surface area (Å²) in [6.45, 7) is 5.89. The Bertz CT molecular complexity index is 735. The van der Waals surface area contributed by atoms with Crippen LogP contribution in [-0.2, 0) is 6.42 Å². The van der Waals surface area contributed by atoms with Gasteiger partial charge >= 0.3 is 0 Å². The molecule has 0 spiro atoms. The van der Waals surface area contributed by atoms with Crippen LogP contribution in [0.15, 0.2) is 29.1 Å². The van der Waals surface area contributed by atoms with Crippen molar-refractivity contribution in [2.24, 2.45) is 0 Å². The highest BCUT2D eigenvalue weighted by molar-refractivity contribution is 6.30. The standard InChI is InChI=1S/C16H17ClN2O2/c1-4-11-18-14(20)12-13(9-5-7-10(17)8-6-9)16(2,3)21-15(12)19-11/h5-8,13H,4H2,1-3H3,(H,18,19,20)/t13-/m0/s1. The van der Waals surface area contributed by atoms with Gasteiger partial charge in [-0.1, -0.05) is 30.7 Å². The Morgan fingerprint density at radius 1 is 1.33 bits per heavy atom. The van der Waals surface area contributed by atoms with Gasteiger partial charge in [0.15, 0.2) is 0 Å². The van der Waals surface area contributed by atoms with Gasteiger partial charge in [-0.2, -0.15) is 4.98 Å². The second-order valence-corrected chi connectivity index (χ2v) is 6.21. The SMILES string of the molecule is CCc1nc2c(c(=O)[nH]1)[C@H](c1ccc(Cl)cc1)C(C)(C)O2. The van der Waals surface area contributed by atoms with Gasteiger partial charge in [-0.15, -0.1) is 0 Å². The number of aromatic amines is 1. The van der Waals surface area contributed by atoms with E-state index in [1.54, 1.807) is 0 Å². The number of hydrogen-bond donors (Lipinski definition) is 1. The van der Waals surface area contributed by atoms with Crippen LogP contribution in [0.3, 0.4) is 0 Å². The number of ether oxygens (including phenoxy) is 1. The first-order chi connectivity index (χ1) is 9.92. The molecule has 0 amide bonds. The lowest BCUT2D eigenvalue weighted by Crippen LogP contribution is -2.32. The number of hydrogen-bond acceptors (Lipinski definition) is 3. The molecule has 0 fully saturated rings. The molecule has 0 saturated carbocycles. The van der Waals surface area contributed by atoms with Crippen molar-refractivity contribution >= 4 is 11.6 Å². The molecule has 2 aromatic rings. The fourth-order valence-corrected chi connectivity index (χ4v) is 3.01. The number of aryl methyl sites for hydroxylation is 1. The highest BCUT2D eigenvalue weighted by atomic mass is 35.5. The number of halogens is 1. The van der Waals surface area contributed by atoms with Crippen molar-refractivity contribution in [2.75, 3.05) is 0 Å². The summed E-state index contributed by atoms with van der Waals surface area (Å²) in [5.41, 5.74) is 0.948. The molecule has 110 valence electrons. The zero-order valence-electron chi connectivity index (χ0n) is 12.2. The summed E-state index contributed by atoms with van der Waals surface area (Å²) in [4.78, 5) is 19.7. The Hall–Kier alpha value is -1.81. The smallest absolute Gasteiger partial charge is 0.258 e. The van der Waals surface area contributed by atoms with Crippen molar-refractivity contribution < 1.29 is 4.74 Å². The molecule has 1 aliphatic rings. The molecule has 0 radical (unpaired) electrons. The van der Waals surface area contributed by atoms with E-state index in [4.69, 9.17) is 16.3 Å². The van der Waals surface area contributed by atoms with Gasteiger partial charge in [0.05, 0.1) is 11.5 Å². The minimum Gasteiger partial charge on any atom is -0.470 e. The number of aromatic nitrogens is 2. The van der Waals surface area contributed by atoms with Crippen LogP contribution in [-0.4, -0.2) is 15.6 Å². The van der Waals surface area contributed by atoms with Gasteiger partial charge in [0.1, 0.15) is 11.4 Å². The van der Waals surface area contributed by atoms with E-state index in [1.165, 1.54) is 0 Å². The Labute approximate surface area is 128 Å². The van der Waals surface area contributed by atoms with Crippen molar-refractivity contribution in [1.82, 2.24) is 9.97 Å². The summed E-state index contributed by atoms with van der Waals surface area (Å²) in [5.74, 6) is 0.929. The average molecular weight is 305 g/mol. The molecule has 3 rings (SSSR count). The van der Waals surface area contributed by atoms with Crippen LogP contribution < -0.4 is 10.3 Å². The summed E-state index contributed by atoms with van der Waals surface area (Å²) in [6.07, 6.45) is 0.665. The van der Waals surface area contributed by atoms with Crippen LogP contribution in [0.25, 0.3) is 0 Å².